The van der Waals surface area contributed by atoms with Crippen molar-refractivity contribution in [1.29, 1.82) is 0 Å². The third-order valence-electron chi connectivity index (χ3n) is 3.45. The predicted octanol–water partition coefficient (Wildman–Crippen LogP) is 3.85. The van der Waals surface area contributed by atoms with Crippen LogP contribution in [-0.2, 0) is 13.1 Å². The fourth-order valence-electron chi connectivity index (χ4n) is 2.47. The first-order valence-corrected chi connectivity index (χ1v) is 7.82. The van der Waals surface area contributed by atoms with E-state index in [9.17, 15) is 0 Å². The molecule has 0 bridgehead atoms. The van der Waals surface area contributed by atoms with Crippen LogP contribution in [0.25, 0.3) is 0 Å². The molecule has 0 fully saturated rings. The van der Waals surface area contributed by atoms with Gasteiger partial charge in [0.1, 0.15) is 13.2 Å². The summed E-state index contributed by atoms with van der Waals surface area (Å²) in [5.74, 6) is 1.66. The maximum Gasteiger partial charge on any atom is 0.162 e. The van der Waals surface area contributed by atoms with Crippen LogP contribution in [0.3, 0.4) is 0 Å². The highest BCUT2D eigenvalue weighted by Gasteiger charge is 2.15. The molecule has 0 radical (unpaired) electrons. The third kappa shape index (κ3) is 3.57. The van der Waals surface area contributed by atoms with Crippen molar-refractivity contribution in [3.05, 3.63) is 58.1 Å². The molecule has 3 rings (SSSR count). The molecule has 0 aliphatic carbocycles. The number of ether oxygens (including phenoxy) is 2. The number of nitrogens with zero attached hydrogens (tertiary/aromatic N) is 1. The topological polar surface area (TPSA) is 21.7 Å². The van der Waals surface area contributed by atoms with Crippen molar-refractivity contribution in [3.8, 4) is 11.5 Å². The molecular weight excluding hydrogens is 330 g/mol. The van der Waals surface area contributed by atoms with Crippen LogP contribution in [0, 0.1) is 0 Å². The summed E-state index contributed by atoms with van der Waals surface area (Å²) in [7, 11) is 2.12. The van der Waals surface area contributed by atoms with Gasteiger partial charge < -0.3 is 9.47 Å². The maximum absolute atomic E-state index is 5.65. The molecule has 1 aliphatic rings. The highest BCUT2D eigenvalue weighted by Crippen LogP contribution is 2.36. The predicted molar refractivity (Wildman–Crippen MR) is 86.7 cm³/mol. The summed E-state index contributed by atoms with van der Waals surface area (Å²) >= 11 is 3.63. The van der Waals surface area contributed by atoms with E-state index in [4.69, 9.17) is 9.47 Å². The summed E-state index contributed by atoms with van der Waals surface area (Å²) in [6, 6.07) is 14.6. The number of benzene rings is 2. The zero-order chi connectivity index (χ0) is 14.7. The molecule has 4 heteroatoms. The molecular formula is C17H18BrNO2. The second-order valence-corrected chi connectivity index (χ2v) is 6.10. The van der Waals surface area contributed by atoms with Gasteiger partial charge in [0.25, 0.3) is 0 Å². The van der Waals surface area contributed by atoms with Gasteiger partial charge in [-0.25, -0.2) is 0 Å². The molecule has 0 atom stereocenters. The number of halogens is 1. The minimum atomic E-state index is 0.618. The lowest BCUT2D eigenvalue weighted by atomic mass is 10.1. The van der Waals surface area contributed by atoms with Crippen molar-refractivity contribution >= 4 is 15.9 Å². The molecule has 1 heterocycles. The summed E-state index contributed by atoms with van der Waals surface area (Å²) in [6.45, 7) is 3.01. The average molecular weight is 348 g/mol. The Morgan fingerprint density at radius 2 is 1.67 bits per heavy atom. The van der Waals surface area contributed by atoms with Gasteiger partial charge in [0.15, 0.2) is 11.5 Å². The van der Waals surface area contributed by atoms with Gasteiger partial charge in [-0.1, -0.05) is 46.3 Å². The highest BCUT2D eigenvalue weighted by atomic mass is 79.9. The SMILES string of the molecule is CN(Cc1ccccc1)Cc1cc2c(cc1Br)OCCO2. The Balaban J connectivity index is 1.72. The third-order valence-corrected chi connectivity index (χ3v) is 4.19. The minimum Gasteiger partial charge on any atom is -0.486 e. The number of rotatable bonds is 4. The van der Waals surface area contributed by atoms with Crippen LogP contribution in [0.2, 0.25) is 0 Å². The molecule has 0 aromatic heterocycles. The summed E-state index contributed by atoms with van der Waals surface area (Å²) in [5, 5.41) is 0. The normalized spacial score (nSPS) is 13.5. The van der Waals surface area contributed by atoms with Crippen molar-refractivity contribution < 1.29 is 9.47 Å². The lowest BCUT2D eigenvalue weighted by Gasteiger charge is -2.22. The summed E-state index contributed by atoms with van der Waals surface area (Å²) < 4.78 is 12.3. The smallest absolute Gasteiger partial charge is 0.162 e. The molecule has 0 N–H and O–H groups in total. The summed E-state index contributed by atoms with van der Waals surface area (Å²) in [4.78, 5) is 2.28. The van der Waals surface area contributed by atoms with Gasteiger partial charge in [0, 0.05) is 17.6 Å². The fourth-order valence-corrected chi connectivity index (χ4v) is 2.92. The largest absolute Gasteiger partial charge is 0.486 e. The van der Waals surface area contributed by atoms with Gasteiger partial charge in [0.2, 0.25) is 0 Å². The van der Waals surface area contributed by atoms with E-state index in [1.165, 1.54) is 11.1 Å². The minimum absolute atomic E-state index is 0.618. The molecule has 2 aromatic rings. The quantitative estimate of drug-likeness (QED) is 0.838. The zero-order valence-electron chi connectivity index (χ0n) is 12.0. The van der Waals surface area contributed by atoms with Gasteiger partial charge in [-0.3, -0.25) is 4.90 Å². The monoisotopic (exact) mass is 347 g/mol. The van der Waals surface area contributed by atoms with Crippen molar-refractivity contribution in [2.24, 2.45) is 0 Å². The van der Waals surface area contributed by atoms with Gasteiger partial charge in [-0.05, 0) is 30.3 Å². The molecule has 0 unspecified atom stereocenters. The number of hydrogen-bond donors (Lipinski definition) is 0. The first-order chi connectivity index (χ1) is 10.2. The van der Waals surface area contributed by atoms with E-state index in [1.807, 2.05) is 12.1 Å². The molecule has 3 nitrogen and oxygen atoms in total. The Bertz CT molecular complexity index is 616. The van der Waals surface area contributed by atoms with Crippen LogP contribution >= 0.6 is 15.9 Å². The van der Waals surface area contributed by atoms with Crippen molar-refractivity contribution in [1.82, 2.24) is 4.90 Å². The molecule has 0 amide bonds. The van der Waals surface area contributed by atoms with E-state index in [2.05, 4.69) is 58.2 Å². The Morgan fingerprint density at radius 3 is 2.38 bits per heavy atom. The van der Waals surface area contributed by atoms with E-state index in [-0.39, 0.29) is 0 Å². The molecule has 0 spiro atoms. The van der Waals surface area contributed by atoms with Gasteiger partial charge >= 0.3 is 0 Å². The molecule has 110 valence electrons. The van der Waals surface area contributed by atoms with Crippen LogP contribution in [0.4, 0.5) is 0 Å². The van der Waals surface area contributed by atoms with Gasteiger partial charge in [-0.2, -0.15) is 0 Å². The Hall–Kier alpha value is -1.52. The Morgan fingerprint density at radius 1 is 1.00 bits per heavy atom. The lowest BCUT2D eigenvalue weighted by molar-refractivity contribution is 0.171. The van der Waals surface area contributed by atoms with E-state index in [1.54, 1.807) is 0 Å². The first kappa shape index (κ1) is 14.4. The zero-order valence-corrected chi connectivity index (χ0v) is 13.6. The van der Waals surface area contributed by atoms with Crippen LogP contribution in [0.15, 0.2) is 46.9 Å². The van der Waals surface area contributed by atoms with E-state index in [0.29, 0.717) is 13.2 Å². The second kappa shape index (κ2) is 6.50. The maximum atomic E-state index is 5.65. The first-order valence-electron chi connectivity index (χ1n) is 7.03. The van der Waals surface area contributed by atoms with E-state index >= 15 is 0 Å². The van der Waals surface area contributed by atoms with Gasteiger partial charge in [0.05, 0.1) is 0 Å². The van der Waals surface area contributed by atoms with E-state index < -0.39 is 0 Å². The molecule has 0 saturated heterocycles. The van der Waals surface area contributed by atoms with E-state index in [0.717, 1.165) is 29.1 Å². The Labute approximate surface area is 133 Å². The van der Waals surface area contributed by atoms with Crippen molar-refractivity contribution in [3.63, 3.8) is 0 Å². The molecule has 21 heavy (non-hydrogen) atoms. The van der Waals surface area contributed by atoms with Crippen LogP contribution in [0.1, 0.15) is 11.1 Å². The second-order valence-electron chi connectivity index (χ2n) is 5.25. The molecule has 1 aliphatic heterocycles. The molecule has 0 saturated carbocycles. The number of hydrogen-bond acceptors (Lipinski definition) is 3. The van der Waals surface area contributed by atoms with Crippen LogP contribution in [-0.4, -0.2) is 25.2 Å². The van der Waals surface area contributed by atoms with Crippen molar-refractivity contribution in [2.45, 2.75) is 13.1 Å². The highest BCUT2D eigenvalue weighted by molar-refractivity contribution is 9.10. The summed E-state index contributed by atoms with van der Waals surface area (Å²) in [6.07, 6.45) is 0. The number of fused-ring (bicyclic) bond motifs is 1. The van der Waals surface area contributed by atoms with Gasteiger partial charge in [-0.15, -0.1) is 0 Å². The Kier molecular flexibility index (Phi) is 4.46. The van der Waals surface area contributed by atoms with Crippen LogP contribution < -0.4 is 9.47 Å². The van der Waals surface area contributed by atoms with Crippen LogP contribution in [0.5, 0.6) is 11.5 Å². The van der Waals surface area contributed by atoms with Crippen molar-refractivity contribution in [2.75, 3.05) is 20.3 Å². The fraction of sp³-hybridized carbons (Fsp3) is 0.294. The standard InChI is InChI=1S/C17H18BrNO2/c1-19(11-13-5-3-2-4-6-13)12-14-9-16-17(10-15(14)18)21-8-7-20-16/h2-6,9-10H,7-8,11-12H2,1H3. The molecule has 2 aromatic carbocycles. The lowest BCUT2D eigenvalue weighted by Crippen LogP contribution is -2.19. The average Bonchev–Trinajstić information content (AvgIpc) is 2.49. The summed E-state index contributed by atoms with van der Waals surface area (Å²) in [5.41, 5.74) is 2.52.